The third-order valence-corrected chi connectivity index (χ3v) is 6.48. The largest absolute Gasteiger partial charge is 0.464 e. The lowest BCUT2D eigenvalue weighted by atomic mass is 9.78. The van der Waals surface area contributed by atoms with E-state index in [1.807, 2.05) is 37.3 Å². The van der Waals surface area contributed by atoms with Gasteiger partial charge in [-0.25, -0.2) is 9.18 Å². The molecule has 0 bridgehead atoms. The average molecular weight is 461 g/mol. The van der Waals surface area contributed by atoms with Gasteiger partial charge in [-0.3, -0.25) is 4.90 Å². The summed E-state index contributed by atoms with van der Waals surface area (Å²) in [6.07, 6.45) is 2.09. The van der Waals surface area contributed by atoms with Crippen molar-refractivity contribution in [3.63, 3.8) is 0 Å². The number of benzene rings is 2. The van der Waals surface area contributed by atoms with Gasteiger partial charge >= 0.3 is 5.97 Å². The van der Waals surface area contributed by atoms with Crippen molar-refractivity contribution in [1.82, 2.24) is 4.90 Å². The van der Waals surface area contributed by atoms with E-state index in [1.54, 1.807) is 0 Å². The molecule has 2 heterocycles. The average Bonchev–Trinajstić information content (AvgIpc) is 3.10. The summed E-state index contributed by atoms with van der Waals surface area (Å²) in [7, 11) is 0. The number of carbonyl (C=O) groups is 1. The minimum atomic E-state index is -0.360. The fourth-order valence-corrected chi connectivity index (χ4v) is 5.07. The highest BCUT2D eigenvalue weighted by molar-refractivity contribution is 9.10. The Bertz CT molecular complexity index is 891. The Morgan fingerprint density at radius 2 is 2.14 bits per heavy atom. The fraction of sp³-hybridized carbons (Fsp3) is 0.435. The topological polar surface area (TPSA) is 41.6 Å². The predicted octanol–water partition coefficient (Wildman–Crippen LogP) is 4.94. The second-order valence-corrected chi connectivity index (χ2v) is 8.78. The molecule has 154 valence electrons. The van der Waals surface area contributed by atoms with Crippen molar-refractivity contribution >= 4 is 27.6 Å². The van der Waals surface area contributed by atoms with Gasteiger partial charge in [-0.2, -0.15) is 0 Å². The lowest BCUT2D eigenvalue weighted by Crippen LogP contribution is -2.43. The van der Waals surface area contributed by atoms with Gasteiger partial charge in [-0.05, 0) is 56.0 Å². The SMILES string of the molecule is CCOC(=O)C1Nc2ccccc2C1C1CCCN(Cc2ccc(Br)cc2F)C1. The second kappa shape index (κ2) is 8.84. The zero-order chi connectivity index (χ0) is 20.4. The summed E-state index contributed by atoms with van der Waals surface area (Å²) < 4.78 is 20.4. The highest BCUT2D eigenvalue weighted by atomic mass is 79.9. The molecule has 0 saturated carbocycles. The first kappa shape index (κ1) is 20.4. The third-order valence-electron chi connectivity index (χ3n) is 5.99. The molecule has 4 nitrogen and oxygen atoms in total. The lowest BCUT2D eigenvalue weighted by molar-refractivity contribution is -0.144. The van der Waals surface area contributed by atoms with Crippen LogP contribution >= 0.6 is 15.9 Å². The van der Waals surface area contributed by atoms with Crippen molar-refractivity contribution in [2.24, 2.45) is 5.92 Å². The van der Waals surface area contributed by atoms with Gasteiger partial charge in [0.05, 0.1) is 6.61 Å². The van der Waals surface area contributed by atoms with Crippen LogP contribution in [-0.4, -0.2) is 36.6 Å². The van der Waals surface area contributed by atoms with E-state index in [2.05, 4.69) is 32.2 Å². The summed E-state index contributed by atoms with van der Waals surface area (Å²) >= 11 is 3.32. The molecule has 2 aromatic carbocycles. The number of anilines is 1. The van der Waals surface area contributed by atoms with Crippen LogP contribution in [-0.2, 0) is 16.1 Å². The Morgan fingerprint density at radius 3 is 2.93 bits per heavy atom. The zero-order valence-corrected chi connectivity index (χ0v) is 18.1. The minimum absolute atomic E-state index is 0.0721. The van der Waals surface area contributed by atoms with Crippen molar-refractivity contribution in [2.45, 2.75) is 38.3 Å². The number of carbonyl (C=O) groups excluding carboxylic acids is 1. The van der Waals surface area contributed by atoms with E-state index in [0.717, 1.165) is 36.1 Å². The van der Waals surface area contributed by atoms with Gasteiger partial charge in [0.1, 0.15) is 11.9 Å². The van der Waals surface area contributed by atoms with E-state index in [9.17, 15) is 9.18 Å². The van der Waals surface area contributed by atoms with Crippen molar-refractivity contribution in [2.75, 3.05) is 25.0 Å². The molecule has 6 heteroatoms. The first-order valence-electron chi connectivity index (χ1n) is 10.2. The van der Waals surface area contributed by atoms with E-state index < -0.39 is 0 Å². The number of hydrogen-bond donors (Lipinski definition) is 1. The summed E-state index contributed by atoms with van der Waals surface area (Å²) in [5, 5.41) is 3.39. The van der Waals surface area contributed by atoms with Crippen LogP contribution in [0.4, 0.5) is 10.1 Å². The van der Waals surface area contributed by atoms with E-state index in [1.165, 1.54) is 11.6 Å². The van der Waals surface area contributed by atoms with Gasteiger partial charge < -0.3 is 10.1 Å². The Balaban J connectivity index is 1.54. The molecule has 0 aliphatic carbocycles. The standard InChI is InChI=1S/C23H26BrFN2O2/c1-2-29-23(28)22-21(18-7-3-4-8-20(18)26-22)16-6-5-11-27(14-16)13-15-9-10-17(24)12-19(15)25/h3-4,7-10,12,16,21-22,26H,2,5-6,11,13-14H2,1H3. The molecule has 3 unspecified atom stereocenters. The van der Waals surface area contributed by atoms with Gasteiger partial charge in [0.25, 0.3) is 0 Å². The number of halogens is 2. The van der Waals surface area contributed by atoms with Crippen molar-refractivity contribution < 1.29 is 13.9 Å². The molecular formula is C23H26BrFN2O2. The van der Waals surface area contributed by atoms with Crippen LogP contribution in [0.3, 0.4) is 0 Å². The van der Waals surface area contributed by atoms with Crippen LogP contribution in [0, 0.1) is 11.7 Å². The number of likely N-dealkylation sites (tertiary alicyclic amines) is 1. The summed E-state index contributed by atoms with van der Waals surface area (Å²) in [5.41, 5.74) is 2.92. The molecular weight excluding hydrogens is 435 g/mol. The normalized spacial score (nSPS) is 24.0. The fourth-order valence-electron chi connectivity index (χ4n) is 4.74. The van der Waals surface area contributed by atoms with Crippen LogP contribution < -0.4 is 5.32 Å². The number of hydrogen-bond acceptors (Lipinski definition) is 4. The number of rotatable bonds is 5. The highest BCUT2D eigenvalue weighted by Gasteiger charge is 2.43. The van der Waals surface area contributed by atoms with E-state index >= 15 is 0 Å². The molecule has 29 heavy (non-hydrogen) atoms. The monoisotopic (exact) mass is 460 g/mol. The number of nitrogens with one attached hydrogen (secondary N) is 1. The Morgan fingerprint density at radius 1 is 1.31 bits per heavy atom. The molecule has 1 fully saturated rings. The summed E-state index contributed by atoms with van der Waals surface area (Å²) in [6.45, 7) is 4.58. The third kappa shape index (κ3) is 4.33. The number of para-hydroxylation sites is 1. The number of esters is 1. The molecule has 2 aromatic rings. The van der Waals surface area contributed by atoms with Crippen molar-refractivity contribution in [1.29, 1.82) is 0 Å². The van der Waals surface area contributed by atoms with Gasteiger partial charge in [0.2, 0.25) is 0 Å². The molecule has 2 aliphatic rings. The predicted molar refractivity (Wildman–Crippen MR) is 115 cm³/mol. The summed E-state index contributed by atoms with van der Waals surface area (Å²) in [4.78, 5) is 15.0. The highest BCUT2D eigenvalue weighted by Crippen LogP contribution is 2.44. The molecule has 3 atom stereocenters. The number of nitrogens with zero attached hydrogens (tertiary/aromatic N) is 1. The van der Waals surface area contributed by atoms with Crippen LogP contribution in [0.25, 0.3) is 0 Å². The number of ether oxygens (including phenoxy) is 1. The lowest BCUT2D eigenvalue weighted by Gasteiger charge is -2.37. The number of fused-ring (bicyclic) bond motifs is 1. The maximum atomic E-state index is 14.3. The summed E-state index contributed by atoms with van der Waals surface area (Å²) in [5.74, 6) is 0.0131. The minimum Gasteiger partial charge on any atom is -0.464 e. The molecule has 0 amide bonds. The van der Waals surface area contributed by atoms with Crippen LogP contribution in [0.15, 0.2) is 46.9 Å². The maximum Gasteiger partial charge on any atom is 0.329 e. The quantitative estimate of drug-likeness (QED) is 0.641. The van der Waals surface area contributed by atoms with Crippen LogP contribution in [0.5, 0.6) is 0 Å². The molecule has 2 aliphatic heterocycles. The zero-order valence-electron chi connectivity index (χ0n) is 16.5. The smallest absolute Gasteiger partial charge is 0.329 e. The Hall–Kier alpha value is -1.92. The molecule has 1 N–H and O–H groups in total. The molecule has 0 aromatic heterocycles. The number of piperidine rings is 1. The van der Waals surface area contributed by atoms with Gasteiger partial charge in [0, 0.05) is 34.7 Å². The first-order valence-corrected chi connectivity index (χ1v) is 11.0. The van der Waals surface area contributed by atoms with Crippen molar-refractivity contribution in [3.05, 3.63) is 63.9 Å². The maximum absolute atomic E-state index is 14.3. The molecule has 1 saturated heterocycles. The van der Waals surface area contributed by atoms with E-state index in [-0.39, 0.29) is 23.7 Å². The van der Waals surface area contributed by atoms with E-state index in [0.29, 0.717) is 24.6 Å². The van der Waals surface area contributed by atoms with E-state index in [4.69, 9.17) is 4.74 Å². The second-order valence-electron chi connectivity index (χ2n) is 7.86. The molecule has 0 spiro atoms. The van der Waals surface area contributed by atoms with Gasteiger partial charge in [-0.15, -0.1) is 0 Å². The Kier molecular flexibility index (Phi) is 6.20. The molecule has 4 rings (SSSR count). The Labute approximate surface area is 179 Å². The van der Waals surface area contributed by atoms with Crippen molar-refractivity contribution in [3.8, 4) is 0 Å². The summed E-state index contributed by atoms with van der Waals surface area (Å²) in [6, 6.07) is 13.0. The van der Waals surface area contributed by atoms with Gasteiger partial charge in [0.15, 0.2) is 0 Å². The van der Waals surface area contributed by atoms with Gasteiger partial charge in [-0.1, -0.05) is 40.2 Å². The molecule has 0 radical (unpaired) electrons. The van der Waals surface area contributed by atoms with Crippen LogP contribution in [0.1, 0.15) is 36.8 Å². The van der Waals surface area contributed by atoms with Crippen LogP contribution in [0.2, 0.25) is 0 Å². The first-order chi connectivity index (χ1) is 14.1.